The van der Waals surface area contributed by atoms with Crippen LogP contribution in [0.25, 0.3) is 10.2 Å². The highest BCUT2D eigenvalue weighted by Crippen LogP contribution is 2.28. The average molecular weight is 345 g/mol. The van der Waals surface area contributed by atoms with Crippen LogP contribution in [0.5, 0.6) is 0 Å². The SMILES string of the molecule is Cc1ccc(Cl)c2sc(=NC(=O)CCc3ccccc3)n(C)c12. The molecule has 0 bridgehead atoms. The molecule has 1 aromatic heterocycles. The Labute approximate surface area is 143 Å². The van der Waals surface area contributed by atoms with Crippen molar-refractivity contribution >= 4 is 39.1 Å². The number of rotatable bonds is 3. The van der Waals surface area contributed by atoms with Crippen LogP contribution in [0.4, 0.5) is 0 Å². The van der Waals surface area contributed by atoms with E-state index in [-0.39, 0.29) is 5.91 Å². The normalized spacial score (nSPS) is 12.0. The molecular weight excluding hydrogens is 328 g/mol. The van der Waals surface area contributed by atoms with E-state index in [1.807, 2.05) is 61.0 Å². The molecule has 23 heavy (non-hydrogen) atoms. The van der Waals surface area contributed by atoms with Crippen LogP contribution in [0.2, 0.25) is 5.02 Å². The topological polar surface area (TPSA) is 34.4 Å². The van der Waals surface area contributed by atoms with Crippen LogP contribution in [0.15, 0.2) is 47.5 Å². The second-order valence-electron chi connectivity index (χ2n) is 5.48. The van der Waals surface area contributed by atoms with Crippen LogP contribution in [0.3, 0.4) is 0 Å². The zero-order valence-corrected chi connectivity index (χ0v) is 14.6. The third kappa shape index (κ3) is 3.38. The van der Waals surface area contributed by atoms with E-state index in [2.05, 4.69) is 4.99 Å². The molecule has 0 aliphatic rings. The largest absolute Gasteiger partial charge is 0.319 e. The number of nitrogens with zero attached hydrogens (tertiary/aromatic N) is 2. The Morgan fingerprint density at radius 3 is 2.65 bits per heavy atom. The van der Waals surface area contributed by atoms with Crippen molar-refractivity contribution in [3.05, 3.63) is 63.4 Å². The van der Waals surface area contributed by atoms with Crippen LogP contribution >= 0.6 is 22.9 Å². The van der Waals surface area contributed by atoms with Crippen molar-refractivity contribution in [2.24, 2.45) is 12.0 Å². The van der Waals surface area contributed by atoms with E-state index >= 15 is 0 Å². The average Bonchev–Trinajstić information content (AvgIpc) is 2.88. The molecule has 0 N–H and O–H groups in total. The number of carbonyl (C=O) groups is 1. The third-order valence-corrected chi connectivity index (χ3v) is 5.38. The molecule has 0 atom stereocenters. The number of amides is 1. The van der Waals surface area contributed by atoms with Crippen molar-refractivity contribution in [3.8, 4) is 0 Å². The summed E-state index contributed by atoms with van der Waals surface area (Å²) in [5.74, 6) is -0.107. The predicted octanol–water partition coefficient (Wildman–Crippen LogP) is 4.26. The second kappa shape index (κ2) is 6.69. The van der Waals surface area contributed by atoms with Crippen molar-refractivity contribution < 1.29 is 4.79 Å². The lowest BCUT2D eigenvalue weighted by Gasteiger charge is -2.01. The maximum absolute atomic E-state index is 12.2. The van der Waals surface area contributed by atoms with E-state index in [1.165, 1.54) is 11.3 Å². The molecule has 0 radical (unpaired) electrons. The molecule has 0 spiro atoms. The summed E-state index contributed by atoms with van der Waals surface area (Å²) in [7, 11) is 1.92. The minimum atomic E-state index is -0.107. The van der Waals surface area contributed by atoms with Gasteiger partial charge in [-0.3, -0.25) is 4.79 Å². The zero-order chi connectivity index (χ0) is 16.4. The maximum Gasteiger partial charge on any atom is 0.248 e. The first kappa shape index (κ1) is 16.0. The van der Waals surface area contributed by atoms with Crippen molar-refractivity contribution in [3.63, 3.8) is 0 Å². The van der Waals surface area contributed by atoms with Gasteiger partial charge in [0.25, 0.3) is 0 Å². The highest BCUT2D eigenvalue weighted by molar-refractivity contribution is 7.17. The highest BCUT2D eigenvalue weighted by atomic mass is 35.5. The molecule has 0 unspecified atom stereocenters. The molecule has 0 saturated carbocycles. The van der Waals surface area contributed by atoms with E-state index in [0.717, 1.165) is 21.3 Å². The number of benzene rings is 2. The molecule has 0 aliphatic carbocycles. The first-order valence-electron chi connectivity index (χ1n) is 7.42. The minimum Gasteiger partial charge on any atom is -0.319 e. The van der Waals surface area contributed by atoms with Crippen molar-refractivity contribution in [1.82, 2.24) is 4.57 Å². The highest BCUT2D eigenvalue weighted by Gasteiger charge is 2.10. The third-order valence-electron chi connectivity index (χ3n) is 3.79. The summed E-state index contributed by atoms with van der Waals surface area (Å²) in [5, 5.41) is 0.699. The summed E-state index contributed by atoms with van der Waals surface area (Å²) in [4.78, 5) is 17.1. The molecule has 0 aliphatic heterocycles. The molecule has 0 fully saturated rings. The number of hydrogen-bond donors (Lipinski definition) is 0. The van der Waals surface area contributed by atoms with E-state index in [9.17, 15) is 4.79 Å². The lowest BCUT2D eigenvalue weighted by molar-refractivity contribution is -0.118. The van der Waals surface area contributed by atoms with E-state index in [1.54, 1.807) is 0 Å². The van der Waals surface area contributed by atoms with Gasteiger partial charge in [-0.2, -0.15) is 4.99 Å². The van der Waals surface area contributed by atoms with Crippen molar-refractivity contribution in [1.29, 1.82) is 0 Å². The van der Waals surface area contributed by atoms with E-state index in [0.29, 0.717) is 22.7 Å². The first-order chi connectivity index (χ1) is 11.1. The Bertz CT molecular complexity index is 925. The van der Waals surface area contributed by atoms with Gasteiger partial charge in [0.2, 0.25) is 5.91 Å². The number of carbonyl (C=O) groups excluding carboxylic acids is 1. The monoisotopic (exact) mass is 344 g/mol. The number of aryl methyl sites for hydroxylation is 3. The number of thiazole rings is 1. The Kier molecular flexibility index (Phi) is 4.64. The molecule has 0 saturated heterocycles. The Morgan fingerprint density at radius 2 is 1.96 bits per heavy atom. The van der Waals surface area contributed by atoms with Crippen molar-refractivity contribution in [2.45, 2.75) is 19.8 Å². The molecule has 1 heterocycles. The van der Waals surface area contributed by atoms with Gasteiger partial charge in [0.05, 0.1) is 15.2 Å². The van der Waals surface area contributed by atoms with Crippen LogP contribution < -0.4 is 4.80 Å². The first-order valence-corrected chi connectivity index (χ1v) is 8.62. The van der Waals surface area contributed by atoms with Gasteiger partial charge in [-0.1, -0.05) is 59.3 Å². The lowest BCUT2D eigenvalue weighted by Crippen LogP contribution is -2.13. The molecule has 2 aromatic carbocycles. The Balaban J connectivity index is 1.89. The fourth-order valence-electron chi connectivity index (χ4n) is 2.57. The Morgan fingerprint density at radius 1 is 1.22 bits per heavy atom. The predicted molar refractivity (Wildman–Crippen MR) is 95.9 cm³/mol. The van der Waals surface area contributed by atoms with Crippen LogP contribution in [0, 0.1) is 6.92 Å². The smallest absolute Gasteiger partial charge is 0.248 e. The van der Waals surface area contributed by atoms with Gasteiger partial charge in [0.15, 0.2) is 4.80 Å². The van der Waals surface area contributed by atoms with Gasteiger partial charge in [-0.25, -0.2) is 0 Å². The molecule has 3 aromatic rings. The van der Waals surface area contributed by atoms with Gasteiger partial charge in [-0.05, 0) is 30.5 Å². The summed E-state index contributed by atoms with van der Waals surface area (Å²) in [6.45, 7) is 2.03. The zero-order valence-electron chi connectivity index (χ0n) is 13.0. The van der Waals surface area contributed by atoms with E-state index in [4.69, 9.17) is 11.6 Å². The number of aromatic nitrogens is 1. The quantitative estimate of drug-likeness (QED) is 0.699. The number of halogens is 1. The fraction of sp³-hybridized carbons (Fsp3) is 0.222. The van der Waals surface area contributed by atoms with Crippen LogP contribution in [-0.2, 0) is 18.3 Å². The second-order valence-corrected chi connectivity index (χ2v) is 6.86. The van der Waals surface area contributed by atoms with Crippen molar-refractivity contribution in [2.75, 3.05) is 0 Å². The molecule has 5 heteroatoms. The standard InChI is InChI=1S/C18H17ClN2OS/c1-12-8-10-14(19)17-16(12)21(2)18(23-17)20-15(22)11-9-13-6-4-3-5-7-13/h3-8,10H,9,11H2,1-2H3. The number of hydrogen-bond acceptors (Lipinski definition) is 2. The molecular formula is C18H17ClN2OS. The molecule has 3 nitrogen and oxygen atoms in total. The van der Waals surface area contributed by atoms with E-state index < -0.39 is 0 Å². The van der Waals surface area contributed by atoms with Gasteiger partial charge >= 0.3 is 0 Å². The molecule has 3 rings (SSSR count). The Hall–Kier alpha value is -1.91. The molecule has 118 valence electrons. The van der Waals surface area contributed by atoms with Gasteiger partial charge < -0.3 is 4.57 Å². The summed E-state index contributed by atoms with van der Waals surface area (Å²) in [5.41, 5.74) is 3.31. The fourth-order valence-corrected chi connectivity index (χ4v) is 3.96. The van der Waals surface area contributed by atoms with Crippen LogP contribution in [0.1, 0.15) is 17.5 Å². The van der Waals surface area contributed by atoms with Gasteiger partial charge in [-0.15, -0.1) is 0 Å². The summed E-state index contributed by atoms with van der Waals surface area (Å²) in [6.07, 6.45) is 1.11. The summed E-state index contributed by atoms with van der Waals surface area (Å²) in [6, 6.07) is 13.8. The van der Waals surface area contributed by atoms with Gasteiger partial charge in [0.1, 0.15) is 0 Å². The maximum atomic E-state index is 12.2. The van der Waals surface area contributed by atoms with Gasteiger partial charge in [0, 0.05) is 13.5 Å². The van der Waals surface area contributed by atoms with Crippen LogP contribution in [-0.4, -0.2) is 10.5 Å². The summed E-state index contributed by atoms with van der Waals surface area (Å²) >= 11 is 7.72. The minimum absolute atomic E-state index is 0.107. The molecule has 1 amide bonds. The lowest BCUT2D eigenvalue weighted by atomic mass is 10.1. The number of fused-ring (bicyclic) bond motifs is 1. The summed E-state index contributed by atoms with van der Waals surface area (Å²) < 4.78 is 2.92.